The smallest absolute Gasteiger partial charge is 0.107 e. The fraction of sp³-hybridized carbons (Fsp3) is 1.00. The van der Waals surface area contributed by atoms with E-state index in [1.165, 1.54) is 25.7 Å². The zero-order chi connectivity index (χ0) is 9.83. The summed E-state index contributed by atoms with van der Waals surface area (Å²) in [4.78, 5) is 0. The van der Waals surface area contributed by atoms with Gasteiger partial charge in [-0.2, -0.15) is 0 Å². The first-order chi connectivity index (χ1) is 7.42. The van der Waals surface area contributed by atoms with Gasteiger partial charge in [0.05, 0.1) is 25.4 Å². The Hall–Kier alpha value is -0.120. The highest BCUT2D eigenvalue weighted by atomic mass is 16.6. The average molecular weight is 210 g/mol. The molecule has 0 amide bonds. The first-order valence-corrected chi connectivity index (χ1v) is 6.30. The number of rotatable bonds is 2. The van der Waals surface area contributed by atoms with E-state index < -0.39 is 0 Å². The van der Waals surface area contributed by atoms with Gasteiger partial charge in [0.2, 0.25) is 0 Å². The van der Waals surface area contributed by atoms with Crippen molar-refractivity contribution in [3.63, 3.8) is 0 Å². The molecule has 1 saturated carbocycles. The number of hydrogen-bond donors (Lipinski definition) is 0. The maximum absolute atomic E-state index is 6.30. The van der Waals surface area contributed by atoms with Crippen LogP contribution in [0.4, 0.5) is 0 Å². The van der Waals surface area contributed by atoms with Crippen molar-refractivity contribution in [2.24, 2.45) is 11.8 Å². The van der Waals surface area contributed by atoms with E-state index in [1.807, 2.05) is 0 Å². The number of fused-ring (bicyclic) bond motifs is 4. The summed E-state index contributed by atoms with van der Waals surface area (Å²) in [5.74, 6) is 1.52. The molecular formula is C12H18O3. The van der Waals surface area contributed by atoms with Crippen LogP contribution in [0.3, 0.4) is 0 Å². The third kappa shape index (κ3) is 1.52. The van der Waals surface area contributed by atoms with Crippen LogP contribution in [0.25, 0.3) is 0 Å². The van der Waals surface area contributed by atoms with E-state index in [1.54, 1.807) is 0 Å². The van der Waals surface area contributed by atoms with E-state index >= 15 is 0 Å². The predicted molar refractivity (Wildman–Crippen MR) is 53.6 cm³/mol. The predicted octanol–water partition coefficient (Wildman–Crippen LogP) is 1.36. The first kappa shape index (κ1) is 8.97. The maximum Gasteiger partial charge on any atom is 0.107 e. The van der Waals surface area contributed by atoms with E-state index in [0.717, 1.165) is 25.0 Å². The molecule has 5 aliphatic rings. The van der Waals surface area contributed by atoms with Crippen LogP contribution in [0.1, 0.15) is 25.7 Å². The lowest BCUT2D eigenvalue weighted by atomic mass is 9.78. The molecular weight excluding hydrogens is 192 g/mol. The normalized spacial score (nSPS) is 57.6. The first-order valence-electron chi connectivity index (χ1n) is 6.30. The van der Waals surface area contributed by atoms with Gasteiger partial charge in [0.1, 0.15) is 12.2 Å². The van der Waals surface area contributed by atoms with Gasteiger partial charge in [-0.15, -0.1) is 0 Å². The fourth-order valence-electron chi connectivity index (χ4n) is 3.48. The van der Waals surface area contributed by atoms with Crippen LogP contribution >= 0.6 is 0 Å². The Bertz CT molecular complexity index is 226. The molecule has 0 N–H and O–H groups in total. The van der Waals surface area contributed by atoms with Crippen LogP contribution in [0.2, 0.25) is 0 Å². The Morgan fingerprint density at radius 2 is 1.07 bits per heavy atom. The highest BCUT2D eigenvalue weighted by Gasteiger charge is 2.50. The van der Waals surface area contributed by atoms with Gasteiger partial charge >= 0.3 is 0 Å². The van der Waals surface area contributed by atoms with Crippen molar-refractivity contribution < 1.29 is 14.2 Å². The zero-order valence-electron chi connectivity index (χ0n) is 8.93. The Balaban J connectivity index is 1.59. The molecule has 4 unspecified atom stereocenters. The monoisotopic (exact) mass is 210 g/mol. The number of hydrogen-bond acceptors (Lipinski definition) is 3. The van der Waals surface area contributed by atoms with Crippen LogP contribution in [0.15, 0.2) is 0 Å². The number of epoxide rings is 2. The second-order valence-electron chi connectivity index (χ2n) is 5.48. The maximum atomic E-state index is 6.30. The minimum Gasteiger partial charge on any atom is -0.370 e. The molecule has 0 radical (unpaired) electrons. The molecule has 84 valence electrons. The third-order valence-electron chi connectivity index (χ3n) is 4.51. The molecule has 2 bridgehead atoms. The lowest BCUT2D eigenvalue weighted by Gasteiger charge is -2.25. The largest absolute Gasteiger partial charge is 0.370 e. The Kier molecular flexibility index (Phi) is 1.91. The summed E-state index contributed by atoms with van der Waals surface area (Å²) in [5, 5.41) is 0. The van der Waals surface area contributed by atoms with E-state index in [4.69, 9.17) is 14.2 Å². The SMILES string of the molecule is C1CC2CCC1C(C1CO1)OC2C1CO1. The molecule has 0 aromatic heterocycles. The Labute approximate surface area is 90.1 Å². The minimum absolute atomic E-state index is 0.381. The summed E-state index contributed by atoms with van der Waals surface area (Å²) in [6, 6.07) is 0. The summed E-state index contributed by atoms with van der Waals surface area (Å²) < 4.78 is 17.2. The molecule has 4 aliphatic heterocycles. The van der Waals surface area contributed by atoms with Crippen LogP contribution < -0.4 is 0 Å². The Morgan fingerprint density at radius 3 is 1.40 bits per heavy atom. The van der Waals surface area contributed by atoms with E-state index in [0.29, 0.717) is 24.4 Å². The quantitative estimate of drug-likeness (QED) is 0.645. The molecule has 0 aromatic carbocycles. The van der Waals surface area contributed by atoms with Crippen molar-refractivity contribution in [2.45, 2.75) is 50.1 Å². The van der Waals surface area contributed by atoms with Crippen LogP contribution in [-0.2, 0) is 14.2 Å². The topological polar surface area (TPSA) is 34.3 Å². The zero-order valence-corrected chi connectivity index (χ0v) is 8.93. The van der Waals surface area contributed by atoms with Gasteiger partial charge in [-0.25, -0.2) is 0 Å². The molecule has 0 aromatic rings. The third-order valence-corrected chi connectivity index (χ3v) is 4.51. The molecule has 3 heteroatoms. The van der Waals surface area contributed by atoms with Crippen molar-refractivity contribution in [3.05, 3.63) is 0 Å². The molecule has 0 spiro atoms. The van der Waals surface area contributed by atoms with Crippen molar-refractivity contribution in [1.29, 1.82) is 0 Å². The van der Waals surface area contributed by atoms with Crippen molar-refractivity contribution >= 4 is 0 Å². The molecule has 5 fully saturated rings. The van der Waals surface area contributed by atoms with E-state index in [2.05, 4.69) is 0 Å². The second-order valence-corrected chi connectivity index (χ2v) is 5.48. The van der Waals surface area contributed by atoms with E-state index in [9.17, 15) is 0 Å². The lowest BCUT2D eigenvalue weighted by Crippen LogP contribution is -2.33. The number of ether oxygens (including phenoxy) is 3. The lowest BCUT2D eigenvalue weighted by molar-refractivity contribution is -0.0582. The molecule has 4 saturated heterocycles. The second kappa shape index (κ2) is 3.19. The van der Waals surface area contributed by atoms with E-state index in [-0.39, 0.29) is 0 Å². The standard InChI is InChI=1S/C12H18O3/c1-2-8-4-3-7(1)11(9-5-13-9)15-12(8)10-6-14-10/h7-12H,1-6H2. The average Bonchev–Trinajstić information content (AvgIpc) is 3.10. The summed E-state index contributed by atoms with van der Waals surface area (Å²) in [6.07, 6.45) is 6.97. The molecule has 1 aliphatic carbocycles. The van der Waals surface area contributed by atoms with Gasteiger partial charge < -0.3 is 14.2 Å². The molecule has 5 rings (SSSR count). The van der Waals surface area contributed by atoms with Gasteiger partial charge in [-0.3, -0.25) is 0 Å². The van der Waals surface area contributed by atoms with Crippen LogP contribution in [-0.4, -0.2) is 37.6 Å². The highest BCUT2D eigenvalue weighted by molar-refractivity contribution is 4.97. The molecule has 4 heterocycles. The fourth-order valence-corrected chi connectivity index (χ4v) is 3.48. The molecule has 15 heavy (non-hydrogen) atoms. The van der Waals surface area contributed by atoms with Crippen molar-refractivity contribution in [3.8, 4) is 0 Å². The van der Waals surface area contributed by atoms with Crippen molar-refractivity contribution in [2.75, 3.05) is 13.2 Å². The Morgan fingerprint density at radius 1 is 0.667 bits per heavy atom. The summed E-state index contributed by atoms with van der Waals surface area (Å²) in [6.45, 7) is 1.84. The van der Waals surface area contributed by atoms with Gasteiger partial charge in [0, 0.05) is 0 Å². The van der Waals surface area contributed by atoms with Gasteiger partial charge in [-0.1, -0.05) is 0 Å². The van der Waals surface area contributed by atoms with Gasteiger partial charge in [-0.05, 0) is 37.5 Å². The molecule has 4 atom stereocenters. The minimum atomic E-state index is 0.381. The van der Waals surface area contributed by atoms with Crippen LogP contribution in [0, 0.1) is 11.8 Å². The summed E-state index contributed by atoms with van der Waals surface area (Å²) in [5.41, 5.74) is 0. The molecule has 3 nitrogen and oxygen atoms in total. The van der Waals surface area contributed by atoms with Gasteiger partial charge in [0.15, 0.2) is 0 Å². The highest BCUT2D eigenvalue weighted by Crippen LogP contribution is 2.45. The van der Waals surface area contributed by atoms with Crippen molar-refractivity contribution in [1.82, 2.24) is 0 Å². The summed E-state index contributed by atoms with van der Waals surface area (Å²) in [7, 11) is 0. The van der Waals surface area contributed by atoms with Gasteiger partial charge in [0.25, 0.3) is 0 Å². The van der Waals surface area contributed by atoms with Crippen LogP contribution in [0.5, 0.6) is 0 Å². The summed E-state index contributed by atoms with van der Waals surface area (Å²) >= 11 is 0.